The zero-order chi connectivity index (χ0) is 19.6. The molecule has 0 aliphatic rings. The van der Waals surface area contributed by atoms with E-state index in [0.29, 0.717) is 10.4 Å². The maximum atomic E-state index is 12.6. The summed E-state index contributed by atoms with van der Waals surface area (Å²) in [5.74, 6) is -1.93. The van der Waals surface area contributed by atoms with Crippen molar-refractivity contribution >= 4 is 34.5 Å². The number of halogens is 1. The van der Waals surface area contributed by atoms with Crippen molar-refractivity contribution in [1.29, 1.82) is 0 Å². The number of pyridine rings is 2. The highest BCUT2D eigenvalue weighted by Gasteiger charge is 2.17. The van der Waals surface area contributed by atoms with Crippen LogP contribution in [0.4, 0.5) is 0 Å². The molecule has 3 rings (SSSR count). The van der Waals surface area contributed by atoms with Crippen molar-refractivity contribution in [2.45, 2.75) is 13.1 Å². The molecule has 0 fully saturated rings. The van der Waals surface area contributed by atoms with Gasteiger partial charge < -0.3 is 15.4 Å². The highest BCUT2D eigenvalue weighted by Crippen LogP contribution is 2.11. The Bertz CT molecular complexity index is 1150. The molecule has 27 heavy (non-hydrogen) atoms. The summed E-state index contributed by atoms with van der Waals surface area (Å²) in [6, 6.07) is 10.8. The molecule has 0 unspecified atom stereocenters. The van der Waals surface area contributed by atoms with Crippen molar-refractivity contribution in [3.05, 3.63) is 79.3 Å². The molecule has 2 heterocycles. The second-order valence-electron chi connectivity index (χ2n) is 5.78. The van der Waals surface area contributed by atoms with Gasteiger partial charge in [-0.3, -0.25) is 23.7 Å². The van der Waals surface area contributed by atoms with Crippen LogP contribution < -0.4 is 16.4 Å². The topological polar surface area (TPSA) is 121 Å². The fraction of sp³-hybridized carbons (Fsp3) is 0.111. The number of aromatic nitrogens is 2. The molecule has 0 atom stereocenters. The van der Waals surface area contributed by atoms with E-state index in [0.717, 1.165) is 10.1 Å². The van der Waals surface area contributed by atoms with E-state index in [1.807, 2.05) is 0 Å². The number of amides is 1. The summed E-state index contributed by atoms with van der Waals surface area (Å²) >= 11 is 5.81. The fourth-order valence-electron chi connectivity index (χ4n) is 2.61. The molecule has 0 bridgehead atoms. The highest BCUT2D eigenvalue weighted by atomic mass is 35.5. The summed E-state index contributed by atoms with van der Waals surface area (Å²) in [4.78, 5) is 50.2. The molecular weight excluding hydrogens is 374 g/mol. The average Bonchev–Trinajstić information content (AvgIpc) is 2.63. The lowest BCUT2D eigenvalue weighted by molar-refractivity contribution is -0.137. The van der Waals surface area contributed by atoms with Crippen LogP contribution in [0.15, 0.2) is 52.1 Å². The van der Waals surface area contributed by atoms with Crippen molar-refractivity contribution in [3.63, 3.8) is 0 Å². The van der Waals surface area contributed by atoms with Crippen molar-refractivity contribution in [2.75, 3.05) is 0 Å². The lowest BCUT2D eigenvalue weighted by Crippen LogP contribution is -2.35. The van der Waals surface area contributed by atoms with Gasteiger partial charge in [0.25, 0.3) is 11.5 Å². The molecule has 138 valence electrons. The van der Waals surface area contributed by atoms with Crippen LogP contribution in [0, 0.1) is 0 Å². The first kappa shape index (κ1) is 18.4. The Labute approximate surface area is 157 Å². The number of carboxylic acid groups (broad SMARTS) is 1. The Morgan fingerprint density at radius 2 is 1.81 bits per heavy atom. The average molecular weight is 388 g/mol. The first-order valence-electron chi connectivity index (χ1n) is 7.86. The summed E-state index contributed by atoms with van der Waals surface area (Å²) < 4.78 is 0.857. The number of nitrogens with zero attached hydrogens (tertiary/aromatic N) is 1. The van der Waals surface area contributed by atoms with E-state index in [1.165, 1.54) is 18.2 Å². The minimum atomic E-state index is -1.28. The number of hydrogen-bond acceptors (Lipinski definition) is 4. The summed E-state index contributed by atoms with van der Waals surface area (Å²) in [6.07, 6.45) is 0. The SMILES string of the molecule is O=C(O)Cn1c(=O)c(C(=O)NCc2ccc(Cl)cc2)cc2ccc(=O)[nH]c21. The number of aliphatic carboxylic acids is 1. The first-order chi connectivity index (χ1) is 12.8. The number of rotatable bonds is 5. The number of fused-ring (bicyclic) bond motifs is 1. The monoisotopic (exact) mass is 387 g/mol. The van der Waals surface area contributed by atoms with Crippen molar-refractivity contribution in [1.82, 2.24) is 14.9 Å². The molecule has 2 aromatic heterocycles. The lowest BCUT2D eigenvalue weighted by atomic mass is 10.1. The predicted molar refractivity (Wildman–Crippen MR) is 99.1 cm³/mol. The Morgan fingerprint density at radius 1 is 1.11 bits per heavy atom. The maximum absolute atomic E-state index is 12.6. The maximum Gasteiger partial charge on any atom is 0.323 e. The second-order valence-corrected chi connectivity index (χ2v) is 6.22. The Balaban J connectivity index is 1.99. The van der Waals surface area contributed by atoms with Gasteiger partial charge in [-0.25, -0.2) is 0 Å². The van der Waals surface area contributed by atoms with Gasteiger partial charge in [0.2, 0.25) is 5.56 Å². The standard InChI is InChI=1S/C18H14ClN3O5/c19-12-4-1-10(2-5-12)8-20-17(26)13-7-11-3-6-14(23)21-16(11)22(18(13)27)9-15(24)25/h1-7H,8-9H2,(H,20,26)(H,21,23)(H,24,25). The molecule has 3 aromatic rings. The van der Waals surface area contributed by atoms with Gasteiger partial charge in [-0.1, -0.05) is 23.7 Å². The molecule has 0 aliphatic heterocycles. The third-order valence-corrected chi connectivity index (χ3v) is 4.13. The molecule has 8 nitrogen and oxygen atoms in total. The third-order valence-electron chi connectivity index (χ3n) is 3.88. The van der Waals surface area contributed by atoms with Crippen LogP contribution in [0.2, 0.25) is 5.02 Å². The second kappa shape index (κ2) is 7.46. The number of H-pyrrole nitrogens is 1. The first-order valence-corrected chi connectivity index (χ1v) is 8.24. The summed E-state index contributed by atoms with van der Waals surface area (Å²) in [5, 5.41) is 12.6. The molecular formula is C18H14ClN3O5. The van der Waals surface area contributed by atoms with Crippen LogP contribution >= 0.6 is 11.6 Å². The van der Waals surface area contributed by atoms with Crippen LogP contribution in [0.25, 0.3) is 11.0 Å². The van der Waals surface area contributed by atoms with E-state index in [2.05, 4.69) is 10.3 Å². The molecule has 0 saturated carbocycles. The molecule has 0 saturated heterocycles. The fourth-order valence-corrected chi connectivity index (χ4v) is 2.73. The Morgan fingerprint density at radius 3 is 2.48 bits per heavy atom. The van der Waals surface area contributed by atoms with E-state index in [4.69, 9.17) is 16.7 Å². The van der Waals surface area contributed by atoms with Crippen molar-refractivity contribution in [3.8, 4) is 0 Å². The largest absolute Gasteiger partial charge is 0.480 e. The predicted octanol–water partition coefficient (Wildman–Crippen LogP) is 1.36. The molecule has 3 N–H and O–H groups in total. The summed E-state index contributed by atoms with van der Waals surface area (Å²) in [7, 11) is 0. The normalized spacial score (nSPS) is 10.7. The number of hydrogen-bond donors (Lipinski definition) is 3. The van der Waals surface area contributed by atoms with E-state index >= 15 is 0 Å². The van der Waals surface area contributed by atoms with Gasteiger partial charge in [0.1, 0.15) is 17.8 Å². The number of aromatic amines is 1. The Hall–Kier alpha value is -3.39. The smallest absolute Gasteiger partial charge is 0.323 e. The van der Waals surface area contributed by atoms with Gasteiger partial charge in [0, 0.05) is 23.0 Å². The van der Waals surface area contributed by atoms with Gasteiger partial charge >= 0.3 is 5.97 Å². The van der Waals surface area contributed by atoms with E-state index in [9.17, 15) is 19.2 Å². The van der Waals surface area contributed by atoms with Crippen LogP contribution in [0.5, 0.6) is 0 Å². The van der Waals surface area contributed by atoms with Gasteiger partial charge in [-0.05, 0) is 29.8 Å². The zero-order valence-corrected chi connectivity index (χ0v) is 14.6. The van der Waals surface area contributed by atoms with Gasteiger partial charge in [0.15, 0.2) is 0 Å². The summed E-state index contributed by atoms with van der Waals surface area (Å²) in [5.41, 5.74) is -0.682. The van der Waals surface area contributed by atoms with E-state index < -0.39 is 29.5 Å². The Kier molecular flexibility index (Phi) is 5.09. The minimum absolute atomic E-state index is 0.0455. The third kappa shape index (κ3) is 4.06. The highest BCUT2D eigenvalue weighted by molar-refractivity contribution is 6.30. The molecule has 1 amide bonds. The number of carbonyl (C=O) groups is 2. The summed E-state index contributed by atoms with van der Waals surface area (Å²) in [6.45, 7) is -0.522. The number of benzene rings is 1. The molecule has 9 heteroatoms. The van der Waals surface area contributed by atoms with Crippen LogP contribution in [-0.2, 0) is 17.9 Å². The van der Waals surface area contributed by atoms with Crippen LogP contribution in [-0.4, -0.2) is 26.5 Å². The quantitative estimate of drug-likeness (QED) is 0.610. The van der Waals surface area contributed by atoms with Gasteiger partial charge in [0.05, 0.1) is 0 Å². The lowest BCUT2D eigenvalue weighted by Gasteiger charge is -2.11. The van der Waals surface area contributed by atoms with Crippen LogP contribution in [0.3, 0.4) is 0 Å². The van der Waals surface area contributed by atoms with Gasteiger partial charge in [-0.2, -0.15) is 0 Å². The van der Waals surface area contributed by atoms with E-state index in [1.54, 1.807) is 24.3 Å². The number of carboxylic acids is 1. The minimum Gasteiger partial charge on any atom is -0.480 e. The van der Waals surface area contributed by atoms with Crippen molar-refractivity contribution < 1.29 is 14.7 Å². The van der Waals surface area contributed by atoms with Crippen LogP contribution in [0.1, 0.15) is 15.9 Å². The molecule has 0 radical (unpaired) electrons. The number of nitrogens with one attached hydrogen (secondary N) is 2. The number of carbonyl (C=O) groups excluding carboxylic acids is 1. The molecule has 0 spiro atoms. The van der Waals surface area contributed by atoms with E-state index in [-0.39, 0.29) is 17.8 Å². The van der Waals surface area contributed by atoms with Gasteiger partial charge in [-0.15, -0.1) is 0 Å². The molecule has 0 aliphatic carbocycles. The molecule has 1 aromatic carbocycles. The van der Waals surface area contributed by atoms with Crippen molar-refractivity contribution in [2.24, 2.45) is 0 Å². The zero-order valence-electron chi connectivity index (χ0n) is 13.9.